The molecule has 0 aliphatic heterocycles. The molecule has 0 aliphatic rings. The average molecular weight is 342 g/mol. The van der Waals surface area contributed by atoms with E-state index in [4.69, 9.17) is 4.98 Å². The van der Waals surface area contributed by atoms with E-state index in [9.17, 15) is 4.79 Å². The molecule has 0 saturated heterocycles. The largest absolute Gasteiger partial charge is 0.319 e. The van der Waals surface area contributed by atoms with Crippen LogP contribution in [0.2, 0.25) is 0 Å². The Bertz CT molecular complexity index is 1100. The molecule has 1 N–H and O–H groups in total. The number of fused-ring (bicyclic) bond motifs is 1. The SMILES string of the molecule is Cc1ccc(-c2cc(C(=O)Nc3cnn(C)c3)c3ccccc3n2)cc1. The molecule has 5 nitrogen and oxygen atoms in total. The molecule has 0 bridgehead atoms. The molecule has 0 aliphatic carbocycles. The number of hydrogen-bond donors (Lipinski definition) is 1. The summed E-state index contributed by atoms with van der Waals surface area (Å²) < 4.78 is 1.65. The zero-order valence-corrected chi connectivity index (χ0v) is 14.6. The van der Waals surface area contributed by atoms with Crippen LogP contribution >= 0.6 is 0 Å². The van der Waals surface area contributed by atoms with Gasteiger partial charge in [0.25, 0.3) is 5.91 Å². The fourth-order valence-electron chi connectivity index (χ4n) is 2.92. The van der Waals surface area contributed by atoms with Gasteiger partial charge in [0.05, 0.1) is 28.7 Å². The molecule has 0 fully saturated rings. The van der Waals surface area contributed by atoms with Gasteiger partial charge in [0.2, 0.25) is 0 Å². The summed E-state index contributed by atoms with van der Waals surface area (Å²) in [5.41, 5.74) is 4.99. The second kappa shape index (κ2) is 6.44. The number of anilines is 1. The maximum Gasteiger partial charge on any atom is 0.256 e. The highest BCUT2D eigenvalue weighted by Gasteiger charge is 2.14. The number of aromatic nitrogens is 3. The Morgan fingerprint density at radius 3 is 2.58 bits per heavy atom. The van der Waals surface area contributed by atoms with Crippen molar-refractivity contribution >= 4 is 22.5 Å². The minimum atomic E-state index is -0.176. The minimum absolute atomic E-state index is 0.176. The first-order valence-electron chi connectivity index (χ1n) is 8.37. The molecule has 5 heteroatoms. The second-order valence-electron chi connectivity index (χ2n) is 6.30. The van der Waals surface area contributed by atoms with Crippen molar-refractivity contribution in [1.29, 1.82) is 0 Å². The van der Waals surface area contributed by atoms with E-state index in [0.717, 1.165) is 22.2 Å². The Balaban J connectivity index is 1.81. The van der Waals surface area contributed by atoms with Crippen LogP contribution in [0, 0.1) is 6.92 Å². The smallest absolute Gasteiger partial charge is 0.256 e. The summed E-state index contributed by atoms with van der Waals surface area (Å²) in [5, 5.41) is 7.82. The van der Waals surface area contributed by atoms with Crippen LogP contribution < -0.4 is 5.32 Å². The van der Waals surface area contributed by atoms with E-state index in [1.54, 1.807) is 17.1 Å². The van der Waals surface area contributed by atoms with Crippen LogP contribution in [0.3, 0.4) is 0 Å². The van der Waals surface area contributed by atoms with Crippen LogP contribution in [0.1, 0.15) is 15.9 Å². The van der Waals surface area contributed by atoms with Gasteiger partial charge in [-0.3, -0.25) is 9.48 Å². The highest BCUT2D eigenvalue weighted by molar-refractivity contribution is 6.13. The number of hydrogen-bond acceptors (Lipinski definition) is 3. The topological polar surface area (TPSA) is 59.8 Å². The Labute approximate surface area is 151 Å². The lowest BCUT2D eigenvalue weighted by atomic mass is 10.0. The summed E-state index contributed by atoms with van der Waals surface area (Å²) in [7, 11) is 1.81. The van der Waals surface area contributed by atoms with E-state index in [1.165, 1.54) is 5.56 Å². The molecule has 0 unspecified atom stereocenters. The number of aryl methyl sites for hydroxylation is 2. The van der Waals surface area contributed by atoms with Gasteiger partial charge in [-0.2, -0.15) is 5.10 Å². The zero-order valence-electron chi connectivity index (χ0n) is 14.6. The summed E-state index contributed by atoms with van der Waals surface area (Å²) in [6.45, 7) is 2.05. The van der Waals surface area contributed by atoms with Crippen molar-refractivity contribution in [2.45, 2.75) is 6.92 Å². The number of benzene rings is 2. The molecule has 2 aromatic heterocycles. The third-order valence-electron chi connectivity index (χ3n) is 4.27. The molecule has 0 saturated carbocycles. The molecule has 1 amide bonds. The van der Waals surface area contributed by atoms with Crippen LogP contribution in [0.25, 0.3) is 22.2 Å². The van der Waals surface area contributed by atoms with Gasteiger partial charge in [0, 0.05) is 24.2 Å². The fraction of sp³-hybridized carbons (Fsp3) is 0.0952. The van der Waals surface area contributed by atoms with E-state index in [2.05, 4.69) is 10.4 Å². The molecule has 4 rings (SSSR count). The molecule has 26 heavy (non-hydrogen) atoms. The summed E-state index contributed by atoms with van der Waals surface area (Å²) in [5.74, 6) is -0.176. The lowest BCUT2D eigenvalue weighted by Crippen LogP contribution is -2.12. The second-order valence-corrected chi connectivity index (χ2v) is 6.30. The van der Waals surface area contributed by atoms with Crippen molar-refractivity contribution in [1.82, 2.24) is 14.8 Å². The first-order chi connectivity index (χ1) is 12.6. The summed E-state index contributed by atoms with van der Waals surface area (Å²) in [6.07, 6.45) is 3.39. The Kier molecular flexibility index (Phi) is 3.97. The van der Waals surface area contributed by atoms with E-state index in [1.807, 2.05) is 68.6 Å². The lowest BCUT2D eigenvalue weighted by molar-refractivity contribution is 0.102. The predicted molar refractivity (Wildman–Crippen MR) is 103 cm³/mol. The first kappa shape index (κ1) is 16.0. The van der Waals surface area contributed by atoms with Crippen molar-refractivity contribution in [3.8, 4) is 11.3 Å². The van der Waals surface area contributed by atoms with Gasteiger partial charge in [-0.1, -0.05) is 48.0 Å². The Morgan fingerprint density at radius 2 is 1.85 bits per heavy atom. The normalized spacial score (nSPS) is 10.8. The van der Waals surface area contributed by atoms with Crippen molar-refractivity contribution < 1.29 is 4.79 Å². The monoisotopic (exact) mass is 342 g/mol. The van der Waals surface area contributed by atoms with E-state index in [0.29, 0.717) is 11.3 Å². The maximum atomic E-state index is 12.9. The lowest BCUT2D eigenvalue weighted by Gasteiger charge is -2.10. The fourth-order valence-corrected chi connectivity index (χ4v) is 2.92. The Morgan fingerprint density at radius 1 is 1.08 bits per heavy atom. The number of nitrogens with one attached hydrogen (secondary N) is 1. The van der Waals surface area contributed by atoms with Crippen LogP contribution in [-0.4, -0.2) is 20.7 Å². The van der Waals surface area contributed by atoms with Crippen LogP contribution in [0.5, 0.6) is 0 Å². The van der Waals surface area contributed by atoms with Crippen molar-refractivity contribution in [3.05, 3.63) is 78.1 Å². The van der Waals surface area contributed by atoms with Crippen molar-refractivity contribution in [2.24, 2.45) is 7.05 Å². The quantitative estimate of drug-likeness (QED) is 0.607. The van der Waals surface area contributed by atoms with Crippen LogP contribution in [0.4, 0.5) is 5.69 Å². The van der Waals surface area contributed by atoms with Gasteiger partial charge in [0.1, 0.15) is 0 Å². The third kappa shape index (κ3) is 3.07. The van der Waals surface area contributed by atoms with Crippen molar-refractivity contribution in [3.63, 3.8) is 0 Å². The molecule has 2 aromatic carbocycles. The summed E-state index contributed by atoms with van der Waals surface area (Å²) >= 11 is 0. The number of rotatable bonds is 3. The number of amides is 1. The molecule has 128 valence electrons. The predicted octanol–water partition coefficient (Wildman–Crippen LogP) is 4.20. The number of nitrogens with zero attached hydrogens (tertiary/aromatic N) is 3. The molecule has 0 spiro atoms. The average Bonchev–Trinajstić information content (AvgIpc) is 3.06. The van der Waals surface area contributed by atoms with E-state index >= 15 is 0 Å². The molecular formula is C21H18N4O. The number of pyridine rings is 1. The van der Waals surface area contributed by atoms with Gasteiger partial charge >= 0.3 is 0 Å². The first-order valence-corrected chi connectivity index (χ1v) is 8.37. The van der Waals surface area contributed by atoms with Gasteiger partial charge in [0.15, 0.2) is 0 Å². The molecular weight excluding hydrogens is 324 g/mol. The van der Waals surface area contributed by atoms with Crippen molar-refractivity contribution in [2.75, 3.05) is 5.32 Å². The third-order valence-corrected chi connectivity index (χ3v) is 4.27. The van der Waals surface area contributed by atoms with Gasteiger partial charge < -0.3 is 5.32 Å². The number of carbonyl (C=O) groups excluding carboxylic acids is 1. The molecule has 2 heterocycles. The van der Waals surface area contributed by atoms with Gasteiger partial charge in [-0.15, -0.1) is 0 Å². The van der Waals surface area contributed by atoms with Crippen LogP contribution in [-0.2, 0) is 7.05 Å². The van der Waals surface area contributed by atoms with Gasteiger partial charge in [-0.05, 0) is 19.1 Å². The zero-order chi connectivity index (χ0) is 18.1. The summed E-state index contributed by atoms with van der Waals surface area (Å²) in [6, 6.07) is 17.7. The summed E-state index contributed by atoms with van der Waals surface area (Å²) in [4.78, 5) is 17.6. The van der Waals surface area contributed by atoms with Gasteiger partial charge in [-0.25, -0.2) is 4.98 Å². The molecule has 0 radical (unpaired) electrons. The number of carbonyl (C=O) groups is 1. The molecule has 0 atom stereocenters. The Hall–Kier alpha value is -3.47. The highest BCUT2D eigenvalue weighted by atomic mass is 16.1. The van der Waals surface area contributed by atoms with E-state index in [-0.39, 0.29) is 5.91 Å². The standard InChI is InChI=1S/C21H18N4O/c1-14-7-9-15(10-8-14)20-11-18(17-5-3-4-6-19(17)24-20)21(26)23-16-12-22-25(2)13-16/h3-13H,1-2H3,(H,23,26). The van der Waals surface area contributed by atoms with E-state index < -0.39 is 0 Å². The van der Waals surface area contributed by atoms with Crippen LogP contribution in [0.15, 0.2) is 67.0 Å². The highest BCUT2D eigenvalue weighted by Crippen LogP contribution is 2.26. The number of para-hydroxylation sites is 1. The maximum absolute atomic E-state index is 12.9. The minimum Gasteiger partial charge on any atom is -0.319 e. The molecule has 4 aromatic rings.